The first-order valence-corrected chi connectivity index (χ1v) is 7.00. The molecule has 19 heavy (non-hydrogen) atoms. The highest BCUT2D eigenvalue weighted by atomic mass is 79.9. The Balaban J connectivity index is 2.09. The molecule has 0 N–H and O–H groups in total. The molecule has 96 valence electrons. The molecule has 0 amide bonds. The highest BCUT2D eigenvalue weighted by Crippen LogP contribution is 2.27. The Morgan fingerprint density at radius 3 is 2.68 bits per heavy atom. The summed E-state index contributed by atoms with van der Waals surface area (Å²) in [7, 11) is 0. The summed E-state index contributed by atoms with van der Waals surface area (Å²) in [6.07, 6.45) is 1.94. The lowest BCUT2D eigenvalue weighted by Crippen LogP contribution is -2.01. The zero-order valence-corrected chi connectivity index (χ0v) is 12.2. The zero-order valence-electron chi connectivity index (χ0n) is 9.91. The largest absolute Gasteiger partial charge is 0.343 e. The number of rotatable bonds is 2. The Labute approximate surface area is 123 Å². The summed E-state index contributed by atoms with van der Waals surface area (Å²) < 4.78 is 16.8. The number of hydrogen-bond donors (Lipinski definition) is 0. The summed E-state index contributed by atoms with van der Waals surface area (Å²) in [5, 5.41) is 1.56. The number of halogens is 3. The SMILES string of the molecule is Fc1cccc(Cl)c1Cn1ccc2c(Br)cccc21. The molecule has 0 aliphatic heterocycles. The Morgan fingerprint density at radius 1 is 1.11 bits per heavy atom. The van der Waals surface area contributed by atoms with Gasteiger partial charge in [-0.15, -0.1) is 0 Å². The van der Waals surface area contributed by atoms with Crippen LogP contribution in [0.15, 0.2) is 53.1 Å². The smallest absolute Gasteiger partial charge is 0.129 e. The highest BCUT2D eigenvalue weighted by Gasteiger charge is 2.10. The topological polar surface area (TPSA) is 4.93 Å². The molecule has 0 aliphatic rings. The second-order valence-electron chi connectivity index (χ2n) is 4.32. The summed E-state index contributed by atoms with van der Waals surface area (Å²) in [5.74, 6) is -0.274. The Bertz CT molecular complexity index is 731. The van der Waals surface area contributed by atoms with Crippen molar-refractivity contribution in [2.45, 2.75) is 6.54 Å². The average molecular weight is 339 g/mol. The van der Waals surface area contributed by atoms with Crippen LogP contribution in [0.2, 0.25) is 5.02 Å². The molecular weight excluding hydrogens is 329 g/mol. The molecule has 0 unspecified atom stereocenters. The van der Waals surface area contributed by atoms with Crippen LogP contribution >= 0.6 is 27.5 Å². The van der Waals surface area contributed by atoms with E-state index in [2.05, 4.69) is 15.9 Å². The Hall–Kier alpha value is -1.32. The van der Waals surface area contributed by atoms with Crippen LogP contribution in [-0.2, 0) is 6.54 Å². The van der Waals surface area contributed by atoms with E-state index in [1.807, 2.05) is 35.0 Å². The minimum absolute atomic E-state index is 0.274. The van der Waals surface area contributed by atoms with Gasteiger partial charge in [0.25, 0.3) is 0 Å². The molecule has 0 aliphatic carbocycles. The van der Waals surface area contributed by atoms with Gasteiger partial charge in [-0.1, -0.05) is 39.7 Å². The van der Waals surface area contributed by atoms with E-state index < -0.39 is 0 Å². The van der Waals surface area contributed by atoms with Gasteiger partial charge in [0.05, 0.1) is 6.54 Å². The lowest BCUT2D eigenvalue weighted by molar-refractivity contribution is 0.602. The fourth-order valence-corrected chi connectivity index (χ4v) is 2.89. The molecule has 2 aromatic carbocycles. The van der Waals surface area contributed by atoms with Crippen molar-refractivity contribution in [2.24, 2.45) is 0 Å². The van der Waals surface area contributed by atoms with Crippen molar-refractivity contribution < 1.29 is 4.39 Å². The lowest BCUT2D eigenvalue weighted by atomic mass is 10.2. The standard InChI is InChI=1S/C15H10BrClFN/c16-12-3-1-6-15-10(12)7-8-19(15)9-11-13(17)4-2-5-14(11)18/h1-8H,9H2. The van der Waals surface area contributed by atoms with E-state index in [4.69, 9.17) is 11.6 Å². The van der Waals surface area contributed by atoms with Crippen LogP contribution in [0, 0.1) is 5.82 Å². The third kappa shape index (κ3) is 2.28. The minimum atomic E-state index is -0.274. The molecule has 1 heterocycles. The number of fused-ring (bicyclic) bond motifs is 1. The van der Waals surface area contributed by atoms with Crippen LogP contribution in [0.1, 0.15) is 5.56 Å². The van der Waals surface area contributed by atoms with Crippen LogP contribution in [0.4, 0.5) is 4.39 Å². The third-order valence-electron chi connectivity index (χ3n) is 3.15. The number of nitrogens with zero attached hydrogens (tertiary/aromatic N) is 1. The first-order valence-electron chi connectivity index (χ1n) is 5.83. The first-order chi connectivity index (χ1) is 9.16. The monoisotopic (exact) mass is 337 g/mol. The minimum Gasteiger partial charge on any atom is -0.343 e. The fraction of sp³-hybridized carbons (Fsp3) is 0.0667. The van der Waals surface area contributed by atoms with E-state index in [1.165, 1.54) is 6.07 Å². The maximum atomic E-state index is 13.8. The van der Waals surface area contributed by atoms with Crippen molar-refractivity contribution in [1.29, 1.82) is 0 Å². The highest BCUT2D eigenvalue weighted by molar-refractivity contribution is 9.10. The predicted octanol–water partition coefficient (Wildman–Crippen LogP) is 5.24. The van der Waals surface area contributed by atoms with Gasteiger partial charge in [0, 0.05) is 32.2 Å². The number of benzene rings is 2. The quantitative estimate of drug-likeness (QED) is 0.602. The van der Waals surface area contributed by atoms with Gasteiger partial charge in [-0.05, 0) is 30.3 Å². The molecule has 0 saturated heterocycles. The Kier molecular flexibility index (Phi) is 3.33. The summed E-state index contributed by atoms with van der Waals surface area (Å²) in [6.45, 7) is 0.422. The zero-order chi connectivity index (χ0) is 13.4. The second-order valence-corrected chi connectivity index (χ2v) is 5.58. The van der Waals surface area contributed by atoms with E-state index >= 15 is 0 Å². The van der Waals surface area contributed by atoms with Crippen molar-refractivity contribution >= 4 is 38.4 Å². The van der Waals surface area contributed by atoms with Crippen LogP contribution < -0.4 is 0 Å². The van der Waals surface area contributed by atoms with Gasteiger partial charge in [-0.3, -0.25) is 0 Å². The molecule has 0 saturated carbocycles. The normalized spacial score (nSPS) is 11.1. The second kappa shape index (κ2) is 4.99. The third-order valence-corrected chi connectivity index (χ3v) is 4.20. The van der Waals surface area contributed by atoms with E-state index in [0.717, 1.165) is 15.4 Å². The van der Waals surface area contributed by atoms with Crippen molar-refractivity contribution in [3.8, 4) is 0 Å². The molecule has 4 heteroatoms. The van der Waals surface area contributed by atoms with Crippen LogP contribution in [0.3, 0.4) is 0 Å². The maximum absolute atomic E-state index is 13.8. The first kappa shape index (κ1) is 12.7. The maximum Gasteiger partial charge on any atom is 0.129 e. The Morgan fingerprint density at radius 2 is 1.89 bits per heavy atom. The van der Waals surface area contributed by atoms with Gasteiger partial charge in [-0.2, -0.15) is 0 Å². The molecule has 1 aromatic heterocycles. The molecule has 0 atom stereocenters. The summed E-state index contributed by atoms with van der Waals surface area (Å²) in [6, 6.07) is 12.7. The van der Waals surface area contributed by atoms with Gasteiger partial charge < -0.3 is 4.57 Å². The molecule has 0 radical (unpaired) electrons. The van der Waals surface area contributed by atoms with E-state index in [0.29, 0.717) is 17.1 Å². The van der Waals surface area contributed by atoms with Crippen molar-refractivity contribution in [1.82, 2.24) is 4.57 Å². The molecule has 3 rings (SSSR count). The summed E-state index contributed by atoms with van der Waals surface area (Å²) in [5.41, 5.74) is 1.57. The van der Waals surface area contributed by atoms with Gasteiger partial charge in [0.1, 0.15) is 5.82 Å². The lowest BCUT2D eigenvalue weighted by Gasteiger charge is -2.09. The number of aromatic nitrogens is 1. The van der Waals surface area contributed by atoms with Crippen molar-refractivity contribution in [3.63, 3.8) is 0 Å². The number of hydrogen-bond acceptors (Lipinski definition) is 0. The van der Waals surface area contributed by atoms with E-state index in [-0.39, 0.29) is 5.82 Å². The van der Waals surface area contributed by atoms with Gasteiger partial charge >= 0.3 is 0 Å². The summed E-state index contributed by atoms with van der Waals surface area (Å²) in [4.78, 5) is 0. The van der Waals surface area contributed by atoms with Gasteiger partial charge in [0.15, 0.2) is 0 Å². The van der Waals surface area contributed by atoms with Crippen molar-refractivity contribution in [3.05, 3.63) is 69.5 Å². The fourth-order valence-electron chi connectivity index (χ4n) is 2.18. The van der Waals surface area contributed by atoms with Crippen LogP contribution in [0.25, 0.3) is 10.9 Å². The average Bonchev–Trinajstić information content (AvgIpc) is 2.79. The molecule has 1 nitrogen and oxygen atoms in total. The molecular formula is C15H10BrClFN. The molecule has 3 aromatic rings. The van der Waals surface area contributed by atoms with E-state index in [1.54, 1.807) is 12.1 Å². The van der Waals surface area contributed by atoms with Crippen LogP contribution in [-0.4, -0.2) is 4.57 Å². The van der Waals surface area contributed by atoms with Crippen LogP contribution in [0.5, 0.6) is 0 Å². The molecule has 0 spiro atoms. The molecule has 0 bridgehead atoms. The van der Waals surface area contributed by atoms with E-state index in [9.17, 15) is 4.39 Å². The van der Waals surface area contributed by atoms with Crippen molar-refractivity contribution in [2.75, 3.05) is 0 Å². The van der Waals surface area contributed by atoms with Gasteiger partial charge in [-0.25, -0.2) is 4.39 Å². The predicted molar refractivity (Wildman–Crippen MR) is 80.2 cm³/mol. The van der Waals surface area contributed by atoms with Gasteiger partial charge in [0.2, 0.25) is 0 Å². The molecule has 0 fully saturated rings. The summed E-state index contributed by atoms with van der Waals surface area (Å²) >= 11 is 9.58.